The van der Waals surface area contributed by atoms with Crippen LogP contribution in [0.1, 0.15) is 28.7 Å². The fourth-order valence-electron chi connectivity index (χ4n) is 2.09. The molecule has 1 aromatic carbocycles. The average Bonchev–Trinajstić information content (AvgIpc) is 3.22. The summed E-state index contributed by atoms with van der Waals surface area (Å²) in [5, 5.41) is 11.5. The summed E-state index contributed by atoms with van der Waals surface area (Å²) in [5.41, 5.74) is 4.88. The van der Waals surface area contributed by atoms with Crippen LogP contribution in [-0.4, -0.2) is 21.8 Å². The summed E-state index contributed by atoms with van der Waals surface area (Å²) in [7, 11) is 0. The number of carbonyl (C=O) groups is 1. The summed E-state index contributed by atoms with van der Waals surface area (Å²) in [6.07, 6.45) is 0. The number of benzene rings is 1. The third kappa shape index (κ3) is 3.55. The molecular formula is C17H15ClN4O2. The average molecular weight is 343 g/mol. The van der Waals surface area contributed by atoms with Crippen molar-refractivity contribution in [2.75, 3.05) is 0 Å². The molecule has 24 heavy (non-hydrogen) atoms. The number of furan rings is 1. The number of nitrogens with one attached hydrogen (secondary N) is 2. The van der Waals surface area contributed by atoms with Gasteiger partial charge < -0.3 is 4.42 Å². The van der Waals surface area contributed by atoms with Crippen molar-refractivity contribution in [2.45, 2.75) is 13.8 Å². The molecule has 122 valence electrons. The Hall–Kier alpha value is -2.86. The van der Waals surface area contributed by atoms with Crippen molar-refractivity contribution < 1.29 is 9.21 Å². The fraction of sp³-hybridized carbons (Fsp3) is 0.118. The lowest BCUT2D eigenvalue weighted by Gasteiger charge is -2.01. The number of hydrazone groups is 1. The number of halogens is 1. The molecule has 0 radical (unpaired) electrons. The zero-order valence-corrected chi connectivity index (χ0v) is 13.9. The highest BCUT2D eigenvalue weighted by Crippen LogP contribution is 2.20. The molecule has 1 amide bonds. The van der Waals surface area contributed by atoms with Gasteiger partial charge in [-0.15, -0.1) is 0 Å². The van der Waals surface area contributed by atoms with Gasteiger partial charge in [0.05, 0.1) is 5.71 Å². The lowest BCUT2D eigenvalue weighted by atomic mass is 10.1. The summed E-state index contributed by atoms with van der Waals surface area (Å²) >= 11 is 5.85. The smallest absolute Gasteiger partial charge is 0.291 e. The van der Waals surface area contributed by atoms with Gasteiger partial charge in [0.2, 0.25) is 0 Å². The molecule has 3 rings (SSSR count). The highest BCUT2D eigenvalue weighted by atomic mass is 35.5. The van der Waals surface area contributed by atoms with Gasteiger partial charge in [-0.2, -0.15) is 10.2 Å². The molecule has 0 aliphatic carbocycles. The van der Waals surface area contributed by atoms with E-state index in [1.165, 1.54) is 0 Å². The number of aromatic amines is 1. The highest BCUT2D eigenvalue weighted by Gasteiger charge is 2.13. The van der Waals surface area contributed by atoms with Gasteiger partial charge >= 0.3 is 0 Å². The summed E-state index contributed by atoms with van der Waals surface area (Å²) in [5.74, 6) is 1.00. The molecule has 0 aliphatic heterocycles. The minimum absolute atomic E-state index is 0.228. The lowest BCUT2D eigenvalue weighted by Crippen LogP contribution is -2.19. The largest absolute Gasteiger partial charge is 0.460 e. The predicted molar refractivity (Wildman–Crippen MR) is 92.2 cm³/mol. The molecule has 0 aliphatic rings. The number of carbonyl (C=O) groups excluding carboxylic acids is 1. The molecule has 0 fully saturated rings. The monoisotopic (exact) mass is 342 g/mol. The Balaban J connectivity index is 1.70. The first-order valence-electron chi connectivity index (χ1n) is 7.26. The van der Waals surface area contributed by atoms with Crippen LogP contribution >= 0.6 is 11.6 Å². The van der Waals surface area contributed by atoms with E-state index in [0.717, 1.165) is 11.3 Å². The van der Waals surface area contributed by atoms with Crippen molar-refractivity contribution in [2.24, 2.45) is 5.10 Å². The molecule has 0 saturated heterocycles. The molecular weight excluding hydrogens is 328 g/mol. The number of nitrogens with zero attached hydrogens (tertiary/aromatic N) is 2. The second kappa shape index (κ2) is 6.72. The standard InChI is InChI=1S/C17H15ClN4O2/c1-10-3-8-16(24-10)14-9-15(21-20-14)17(23)22-19-11(2)12-4-6-13(18)7-5-12/h3-9H,1-2H3,(H,20,21)(H,22,23). The second-order valence-electron chi connectivity index (χ2n) is 5.22. The van der Waals surface area contributed by atoms with Crippen LogP contribution in [0, 0.1) is 6.92 Å². The Morgan fingerprint density at radius 2 is 2.00 bits per heavy atom. The quantitative estimate of drug-likeness (QED) is 0.559. The van der Waals surface area contributed by atoms with Crippen LogP contribution in [-0.2, 0) is 0 Å². The van der Waals surface area contributed by atoms with Crippen molar-refractivity contribution >= 4 is 23.2 Å². The number of hydrogen-bond donors (Lipinski definition) is 2. The first-order valence-corrected chi connectivity index (χ1v) is 7.63. The van der Waals surface area contributed by atoms with Gasteiger partial charge in [-0.25, -0.2) is 5.43 Å². The molecule has 2 heterocycles. The lowest BCUT2D eigenvalue weighted by molar-refractivity contribution is 0.0950. The van der Waals surface area contributed by atoms with E-state index in [4.69, 9.17) is 16.0 Å². The molecule has 0 unspecified atom stereocenters. The van der Waals surface area contributed by atoms with Gasteiger partial charge in [0.15, 0.2) is 11.5 Å². The van der Waals surface area contributed by atoms with Gasteiger partial charge in [0.25, 0.3) is 5.91 Å². The van der Waals surface area contributed by atoms with Crippen LogP contribution in [0.2, 0.25) is 5.02 Å². The third-order valence-corrected chi connectivity index (χ3v) is 3.66. The Morgan fingerprint density at radius 1 is 1.25 bits per heavy atom. The first kappa shape index (κ1) is 16.0. The van der Waals surface area contributed by atoms with Crippen LogP contribution in [0.4, 0.5) is 0 Å². The summed E-state index contributed by atoms with van der Waals surface area (Å²) in [6, 6.07) is 12.5. The van der Waals surface area contributed by atoms with Crippen molar-refractivity contribution in [3.8, 4) is 11.5 Å². The van der Waals surface area contributed by atoms with Crippen LogP contribution in [0.25, 0.3) is 11.5 Å². The summed E-state index contributed by atoms with van der Waals surface area (Å²) in [4.78, 5) is 12.1. The third-order valence-electron chi connectivity index (χ3n) is 3.40. The Morgan fingerprint density at radius 3 is 2.67 bits per heavy atom. The molecule has 3 aromatic rings. The maximum absolute atomic E-state index is 12.1. The number of hydrogen-bond acceptors (Lipinski definition) is 4. The molecule has 0 bridgehead atoms. The van der Waals surface area contributed by atoms with Crippen LogP contribution in [0.15, 0.2) is 52.0 Å². The molecule has 2 aromatic heterocycles. The van der Waals surface area contributed by atoms with Crippen LogP contribution < -0.4 is 5.43 Å². The van der Waals surface area contributed by atoms with Gasteiger partial charge in [-0.3, -0.25) is 9.89 Å². The van der Waals surface area contributed by atoms with Crippen molar-refractivity contribution in [1.29, 1.82) is 0 Å². The highest BCUT2D eigenvalue weighted by molar-refractivity contribution is 6.30. The van der Waals surface area contributed by atoms with Gasteiger partial charge in [0.1, 0.15) is 11.5 Å². The van der Waals surface area contributed by atoms with Crippen molar-refractivity contribution in [3.63, 3.8) is 0 Å². The predicted octanol–water partition coefficient (Wildman–Crippen LogP) is 3.79. The van der Waals surface area contributed by atoms with E-state index in [1.54, 1.807) is 25.1 Å². The number of rotatable bonds is 4. The zero-order valence-electron chi connectivity index (χ0n) is 13.1. The van der Waals surface area contributed by atoms with E-state index in [2.05, 4.69) is 20.7 Å². The molecule has 0 saturated carbocycles. The fourth-order valence-corrected chi connectivity index (χ4v) is 2.22. The van der Waals surface area contributed by atoms with E-state index in [1.807, 2.05) is 31.2 Å². The topological polar surface area (TPSA) is 83.3 Å². The van der Waals surface area contributed by atoms with Crippen molar-refractivity contribution in [1.82, 2.24) is 15.6 Å². The van der Waals surface area contributed by atoms with E-state index in [0.29, 0.717) is 22.2 Å². The number of aryl methyl sites for hydroxylation is 1. The SMILES string of the molecule is CC(=NNC(=O)c1cc(-c2ccc(C)o2)[nH]n1)c1ccc(Cl)cc1. The molecule has 0 spiro atoms. The first-order chi connectivity index (χ1) is 11.5. The Labute approximate surface area is 143 Å². The van der Waals surface area contributed by atoms with E-state index in [9.17, 15) is 4.79 Å². The Bertz CT molecular complexity index is 893. The maximum Gasteiger partial charge on any atom is 0.291 e. The summed E-state index contributed by atoms with van der Waals surface area (Å²) in [6.45, 7) is 3.65. The molecule has 0 atom stereocenters. The normalized spacial score (nSPS) is 11.5. The van der Waals surface area contributed by atoms with Gasteiger partial charge in [-0.1, -0.05) is 23.7 Å². The van der Waals surface area contributed by atoms with Crippen LogP contribution in [0.5, 0.6) is 0 Å². The van der Waals surface area contributed by atoms with E-state index >= 15 is 0 Å². The molecule has 7 heteroatoms. The molecule has 6 nitrogen and oxygen atoms in total. The van der Waals surface area contributed by atoms with Gasteiger partial charge in [-0.05, 0) is 43.7 Å². The number of aromatic nitrogens is 2. The van der Waals surface area contributed by atoms with E-state index < -0.39 is 5.91 Å². The number of amides is 1. The summed E-state index contributed by atoms with van der Waals surface area (Å²) < 4.78 is 5.49. The van der Waals surface area contributed by atoms with Gasteiger partial charge in [0, 0.05) is 11.1 Å². The zero-order chi connectivity index (χ0) is 17.1. The van der Waals surface area contributed by atoms with E-state index in [-0.39, 0.29) is 5.69 Å². The second-order valence-corrected chi connectivity index (χ2v) is 5.66. The minimum Gasteiger partial charge on any atom is -0.460 e. The molecule has 2 N–H and O–H groups in total. The minimum atomic E-state index is -0.408. The number of H-pyrrole nitrogens is 1. The van der Waals surface area contributed by atoms with Crippen LogP contribution in [0.3, 0.4) is 0 Å². The Kier molecular flexibility index (Phi) is 4.48. The van der Waals surface area contributed by atoms with Crippen molar-refractivity contribution in [3.05, 3.63) is 64.5 Å². The maximum atomic E-state index is 12.1.